The predicted octanol–water partition coefficient (Wildman–Crippen LogP) is 4.94. The fourth-order valence-corrected chi connectivity index (χ4v) is 9.57. The van der Waals surface area contributed by atoms with Crippen molar-refractivity contribution in [2.45, 2.75) is 4.90 Å². The SMILES string of the molecule is O=C(COc1cc(I)c(S(=O)(=O)O)c(I)c1)Oc1c(I)cc(I)cc1I. The maximum Gasteiger partial charge on any atom is 0.349 e. The highest BCUT2D eigenvalue weighted by Crippen LogP contribution is 2.31. The number of esters is 1. The minimum atomic E-state index is -4.33. The summed E-state index contributed by atoms with van der Waals surface area (Å²) >= 11 is 9.93. The van der Waals surface area contributed by atoms with Crippen molar-refractivity contribution in [2.24, 2.45) is 0 Å². The van der Waals surface area contributed by atoms with Gasteiger partial charge in [-0.1, -0.05) is 0 Å². The molecule has 26 heavy (non-hydrogen) atoms. The van der Waals surface area contributed by atoms with Gasteiger partial charge in [0.1, 0.15) is 10.6 Å². The number of halogens is 5. The van der Waals surface area contributed by atoms with Gasteiger partial charge in [0, 0.05) is 10.7 Å². The number of ether oxygens (including phenoxy) is 2. The van der Waals surface area contributed by atoms with Crippen LogP contribution in [0, 0.1) is 17.9 Å². The van der Waals surface area contributed by atoms with Crippen molar-refractivity contribution in [2.75, 3.05) is 6.61 Å². The molecule has 0 saturated carbocycles. The molecule has 0 unspecified atom stereocenters. The van der Waals surface area contributed by atoms with Crippen LogP contribution in [0.25, 0.3) is 0 Å². The lowest BCUT2D eigenvalue weighted by Crippen LogP contribution is -2.19. The van der Waals surface area contributed by atoms with Crippen molar-refractivity contribution < 1.29 is 27.2 Å². The van der Waals surface area contributed by atoms with Crippen LogP contribution in [0.4, 0.5) is 0 Å². The molecular weight excluding hydrogens is 931 g/mol. The molecule has 0 heterocycles. The van der Waals surface area contributed by atoms with Crippen molar-refractivity contribution >= 4 is 129 Å². The van der Waals surface area contributed by atoms with Crippen LogP contribution in [0.15, 0.2) is 29.2 Å². The number of hydrogen-bond acceptors (Lipinski definition) is 5. The molecule has 0 bridgehead atoms. The average Bonchev–Trinajstić information content (AvgIpc) is 2.46. The molecule has 0 radical (unpaired) electrons. The van der Waals surface area contributed by atoms with Gasteiger partial charge >= 0.3 is 5.97 Å². The zero-order valence-electron chi connectivity index (χ0n) is 12.3. The molecule has 0 aromatic heterocycles. The molecule has 140 valence electrons. The van der Waals surface area contributed by atoms with E-state index >= 15 is 0 Å². The van der Waals surface area contributed by atoms with Crippen LogP contribution in [0.3, 0.4) is 0 Å². The lowest BCUT2D eigenvalue weighted by molar-refractivity contribution is -0.136. The zero-order valence-corrected chi connectivity index (χ0v) is 23.9. The summed E-state index contributed by atoms with van der Waals surface area (Å²) in [5.41, 5.74) is 0. The van der Waals surface area contributed by atoms with Gasteiger partial charge in [0.2, 0.25) is 0 Å². The van der Waals surface area contributed by atoms with E-state index in [1.807, 2.05) is 12.1 Å². The van der Waals surface area contributed by atoms with E-state index in [1.165, 1.54) is 12.1 Å². The summed E-state index contributed by atoms with van der Waals surface area (Å²) in [4.78, 5) is 11.9. The topological polar surface area (TPSA) is 89.9 Å². The third-order valence-corrected chi connectivity index (χ3v) is 8.38. The molecule has 0 fully saturated rings. The maximum atomic E-state index is 12.1. The number of rotatable bonds is 5. The number of carbonyl (C=O) groups is 1. The second kappa shape index (κ2) is 9.85. The quantitative estimate of drug-likeness (QED) is 0.198. The highest BCUT2D eigenvalue weighted by molar-refractivity contribution is 14.1. The Kier molecular flexibility index (Phi) is 8.92. The molecule has 2 aromatic carbocycles. The summed E-state index contributed by atoms with van der Waals surface area (Å²) in [6, 6.07) is 6.64. The van der Waals surface area contributed by atoms with Crippen molar-refractivity contribution in [1.29, 1.82) is 0 Å². The highest BCUT2D eigenvalue weighted by Gasteiger charge is 2.20. The zero-order chi connectivity index (χ0) is 19.6. The Balaban J connectivity index is 2.11. The summed E-state index contributed by atoms with van der Waals surface area (Å²) in [7, 11) is -4.33. The second-order valence-corrected chi connectivity index (χ2v) is 11.9. The van der Waals surface area contributed by atoms with Gasteiger partial charge in [-0.3, -0.25) is 4.55 Å². The Bertz CT molecular complexity index is 930. The molecule has 0 saturated heterocycles. The fourth-order valence-electron chi connectivity index (χ4n) is 1.78. The van der Waals surface area contributed by atoms with E-state index in [9.17, 15) is 17.8 Å². The first-order valence-electron chi connectivity index (χ1n) is 6.43. The van der Waals surface area contributed by atoms with Gasteiger partial charge in [-0.2, -0.15) is 8.42 Å². The van der Waals surface area contributed by atoms with Crippen LogP contribution in [0.1, 0.15) is 0 Å². The summed E-state index contributed by atoms with van der Waals surface area (Å²) in [6.45, 7) is -0.338. The van der Waals surface area contributed by atoms with E-state index in [1.54, 1.807) is 45.2 Å². The van der Waals surface area contributed by atoms with E-state index in [-0.39, 0.29) is 11.5 Å². The lowest BCUT2D eigenvalue weighted by Gasteiger charge is -2.12. The third-order valence-electron chi connectivity index (χ3n) is 2.77. The molecule has 0 aliphatic carbocycles. The molecule has 0 aliphatic heterocycles. The molecule has 0 aliphatic rings. The van der Waals surface area contributed by atoms with Crippen LogP contribution < -0.4 is 9.47 Å². The summed E-state index contributed by atoms with van der Waals surface area (Å²) in [6.07, 6.45) is 0. The van der Waals surface area contributed by atoms with E-state index in [2.05, 4.69) is 67.8 Å². The Morgan fingerprint density at radius 1 is 0.923 bits per heavy atom. The molecule has 0 amide bonds. The van der Waals surface area contributed by atoms with Crippen LogP contribution in [0.2, 0.25) is 0 Å². The monoisotopic (exact) mass is 938 g/mol. The van der Waals surface area contributed by atoms with Crippen LogP contribution >= 0.6 is 113 Å². The van der Waals surface area contributed by atoms with Gasteiger partial charge in [0.15, 0.2) is 12.4 Å². The molecule has 2 rings (SSSR count). The summed E-state index contributed by atoms with van der Waals surface area (Å²) in [5, 5.41) is 0. The molecule has 0 spiro atoms. The highest BCUT2D eigenvalue weighted by atomic mass is 127. The average molecular weight is 938 g/mol. The normalized spacial score (nSPS) is 11.3. The van der Waals surface area contributed by atoms with Gasteiger partial charge in [0.05, 0.1) is 7.14 Å². The molecule has 1 N–H and O–H groups in total. The van der Waals surface area contributed by atoms with Crippen LogP contribution in [-0.2, 0) is 14.9 Å². The van der Waals surface area contributed by atoms with Crippen molar-refractivity contribution in [1.82, 2.24) is 0 Å². The summed E-state index contributed by atoms with van der Waals surface area (Å²) < 4.78 is 46.0. The first-order chi connectivity index (χ1) is 12.0. The van der Waals surface area contributed by atoms with Gasteiger partial charge in [-0.05, 0) is 137 Å². The van der Waals surface area contributed by atoms with E-state index in [0.29, 0.717) is 18.6 Å². The Labute approximate surface area is 218 Å². The number of hydrogen-bond donors (Lipinski definition) is 1. The standard InChI is InChI=1S/C14H7I5O6S/c15-6-1-8(16)13(9(17)2-6)25-12(20)5-24-7-3-10(18)14(11(19)4-7)26(21,22)23/h1-4H,5H2,(H,21,22,23). The van der Waals surface area contributed by atoms with Crippen molar-refractivity contribution in [3.63, 3.8) is 0 Å². The Morgan fingerprint density at radius 3 is 1.88 bits per heavy atom. The number of carbonyl (C=O) groups excluding carboxylic acids is 1. The molecule has 12 heteroatoms. The van der Waals surface area contributed by atoms with Crippen molar-refractivity contribution in [3.05, 3.63) is 42.1 Å². The minimum Gasteiger partial charge on any atom is -0.482 e. The molecule has 2 aromatic rings. The largest absolute Gasteiger partial charge is 0.482 e. The van der Waals surface area contributed by atoms with E-state index in [0.717, 1.165) is 10.7 Å². The van der Waals surface area contributed by atoms with Crippen LogP contribution in [-0.4, -0.2) is 25.5 Å². The third kappa shape index (κ3) is 6.39. The molecule has 0 atom stereocenters. The number of benzene rings is 2. The van der Waals surface area contributed by atoms with E-state index < -0.39 is 16.1 Å². The minimum absolute atomic E-state index is 0.184. The smallest absolute Gasteiger partial charge is 0.349 e. The van der Waals surface area contributed by atoms with E-state index in [4.69, 9.17) is 9.47 Å². The second-order valence-electron chi connectivity index (χ2n) is 4.65. The lowest BCUT2D eigenvalue weighted by atomic mass is 10.3. The van der Waals surface area contributed by atoms with Gasteiger partial charge < -0.3 is 9.47 Å². The first-order valence-corrected chi connectivity index (χ1v) is 13.3. The van der Waals surface area contributed by atoms with Gasteiger partial charge in [0.25, 0.3) is 10.1 Å². The summed E-state index contributed by atoms with van der Waals surface area (Å²) in [5.74, 6) is 0.201. The molecular formula is C14H7I5O6S. The maximum absolute atomic E-state index is 12.1. The van der Waals surface area contributed by atoms with Crippen molar-refractivity contribution in [3.8, 4) is 11.5 Å². The van der Waals surface area contributed by atoms with Gasteiger partial charge in [-0.25, -0.2) is 4.79 Å². The molecule has 6 nitrogen and oxygen atoms in total. The van der Waals surface area contributed by atoms with Gasteiger partial charge in [-0.15, -0.1) is 0 Å². The fraction of sp³-hybridized carbons (Fsp3) is 0.0714. The predicted molar refractivity (Wildman–Crippen MR) is 137 cm³/mol. The first kappa shape index (κ1) is 23.5. The Hall–Kier alpha value is 1.27. The van der Waals surface area contributed by atoms with Crippen LogP contribution in [0.5, 0.6) is 11.5 Å². The Morgan fingerprint density at radius 2 is 1.42 bits per heavy atom.